The van der Waals surface area contributed by atoms with E-state index in [4.69, 9.17) is 16.7 Å². The molecule has 208 valence electrons. The number of aromatic nitrogens is 5. The number of rotatable bonds is 6. The highest BCUT2D eigenvalue weighted by molar-refractivity contribution is 7.99. The number of piperidine rings is 1. The lowest BCUT2D eigenvalue weighted by molar-refractivity contribution is 0.170. The fraction of sp³-hybridized carbons (Fsp3) is 0.393. The maximum Gasteiger partial charge on any atom is 0.260 e. The van der Waals surface area contributed by atoms with Gasteiger partial charge < -0.3 is 9.88 Å². The number of hydrogen-bond acceptors (Lipinski definition) is 8. The molecule has 1 fully saturated rings. The smallest absolute Gasteiger partial charge is 0.260 e. The maximum atomic E-state index is 12.3. The Bertz CT molecular complexity index is 1650. The molecule has 2 aliphatic rings. The van der Waals surface area contributed by atoms with Gasteiger partial charge in [-0.1, -0.05) is 47.6 Å². The molecule has 0 amide bonds. The van der Waals surface area contributed by atoms with Gasteiger partial charge in [0.2, 0.25) is 5.95 Å². The zero-order valence-corrected chi connectivity index (χ0v) is 24.7. The fourth-order valence-corrected chi connectivity index (χ4v) is 7.62. The summed E-state index contributed by atoms with van der Waals surface area (Å²) in [7, 11) is -1.40. The third-order valence-corrected chi connectivity index (χ3v) is 11.2. The Hall–Kier alpha value is -2.86. The van der Waals surface area contributed by atoms with Crippen LogP contribution in [-0.2, 0) is 17.4 Å². The largest absolute Gasteiger partial charge is 0.339 e. The van der Waals surface area contributed by atoms with Gasteiger partial charge >= 0.3 is 0 Å². The van der Waals surface area contributed by atoms with Crippen molar-refractivity contribution in [3.8, 4) is 0 Å². The molecule has 1 unspecified atom stereocenters. The van der Waals surface area contributed by atoms with E-state index in [2.05, 4.69) is 54.3 Å². The zero-order valence-electron chi connectivity index (χ0n) is 22.3. The van der Waals surface area contributed by atoms with E-state index in [1.54, 1.807) is 12.3 Å². The Morgan fingerprint density at radius 1 is 1.18 bits per heavy atom. The van der Waals surface area contributed by atoms with Crippen LogP contribution in [0, 0.1) is 5.41 Å². The average molecular weight is 596 g/mol. The van der Waals surface area contributed by atoms with Gasteiger partial charge in [-0.15, -0.1) is 10.2 Å². The highest BCUT2D eigenvalue weighted by Gasteiger charge is 2.49. The maximum absolute atomic E-state index is 12.3. The highest BCUT2D eigenvalue weighted by Crippen LogP contribution is 2.56. The molecular formula is C28H30ClN7O2S2. The monoisotopic (exact) mass is 595 g/mol. The first kappa shape index (κ1) is 27.3. The van der Waals surface area contributed by atoms with Crippen LogP contribution >= 0.6 is 23.4 Å². The SMILES string of the molecule is CC(C)(C[C@@H]1c2ccccc2CC12CCN(c1ncc(Sc3ccc4nc[nH]c(=O)c4c3Cl)nn1)CC2)S(N)=O. The van der Waals surface area contributed by atoms with Crippen LogP contribution in [0.15, 0.2) is 63.6 Å². The van der Waals surface area contributed by atoms with E-state index in [0.717, 1.165) is 38.8 Å². The number of anilines is 1. The van der Waals surface area contributed by atoms with Crippen molar-refractivity contribution in [2.24, 2.45) is 10.6 Å². The first-order chi connectivity index (χ1) is 19.2. The van der Waals surface area contributed by atoms with Crippen LogP contribution in [-0.4, -0.2) is 47.2 Å². The first-order valence-electron chi connectivity index (χ1n) is 13.2. The minimum Gasteiger partial charge on any atom is -0.339 e. The normalized spacial score (nSPS) is 19.2. The van der Waals surface area contributed by atoms with Crippen molar-refractivity contribution in [2.45, 2.75) is 60.1 Å². The minimum absolute atomic E-state index is 0.0968. The van der Waals surface area contributed by atoms with E-state index in [0.29, 0.717) is 37.7 Å². The summed E-state index contributed by atoms with van der Waals surface area (Å²) >= 11 is 7.84. The number of nitrogens with one attached hydrogen (secondary N) is 1. The quantitative estimate of drug-likeness (QED) is 0.330. The predicted octanol–water partition coefficient (Wildman–Crippen LogP) is 4.63. The zero-order chi connectivity index (χ0) is 28.1. The molecule has 1 spiro atoms. The van der Waals surface area contributed by atoms with Gasteiger partial charge in [-0.25, -0.2) is 14.2 Å². The number of hydrogen-bond donors (Lipinski definition) is 2. The van der Waals surface area contributed by atoms with Crippen LogP contribution in [0.5, 0.6) is 0 Å². The number of nitrogens with zero attached hydrogens (tertiary/aromatic N) is 5. The first-order valence-corrected chi connectivity index (χ1v) is 15.6. The van der Waals surface area contributed by atoms with Crippen molar-refractivity contribution in [3.63, 3.8) is 0 Å². The molecule has 2 aromatic carbocycles. The lowest BCUT2D eigenvalue weighted by Crippen LogP contribution is -2.45. The van der Waals surface area contributed by atoms with E-state index in [1.165, 1.54) is 29.2 Å². The summed E-state index contributed by atoms with van der Waals surface area (Å²) in [5.41, 5.74) is 3.11. The number of halogens is 1. The van der Waals surface area contributed by atoms with E-state index in [9.17, 15) is 9.00 Å². The van der Waals surface area contributed by atoms with Gasteiger partial charge in [0.1, 0.15) is 5.03 Å². The topological polar surface area (TPSA) is 131 Å². The molecule has 1 saturated heterocycles. The van der Waals surface area contributed by atoms with Gasteiger partial charge in [0, 0.05) is 18.0 Å². The summed E-state index contributed by atoms with van der Waals surface area (Å²) in [4.78, 5) is 26.5. The van der Waals surface area contributed by atoms with Crippen LogP contribution in [0.25, 0.3) is 10.9 Å². The second-order valence-corrected chi connectivity index (χ2v) is 14.4. The molecule has 3 heterocycles. The molecule has 9 nitrogen and oxygen atoms in total. The number of H-pyrrole nitrogens is 1. The number of fused-ring (bicyclic) bond motifs is 2. The summed E-state index contributed by atoms with van der Waals surface area (Å²) in [6, 6.07) is 12.3. The van der Waals surface area contributed by atoms with Crippen molar-refractivity contribution < 1.29 is 4.21 Å². The van der Waals surface area contributed by atoms with E-state index in [1.807, 2.05) is 19.9 Å². The van der Waals surface area contributed by atoms with Crippen molar-refractivity contribution in [1.29, 1.82) is 0 Å². The Morgan fingerprint density at radius 3 is 2.67 bits per heavy atom. The van der Waals surface area contributed by atoms with Gasteiger partial charge in [-0.3, -0.25) is 9.93 Å². The summed E-state index contributed by atoms with van der Waals surface area (Å²) in [6.45, 7) is 5.64. The van der Waals surface area contributed by atoms with Crippen LogP contribution in [0.4, 0.5) is 5.95 Å². The Kier molecular flexibility index (Phi) is 7.18. The van der Waals surface area contributed by atoms with Crippen molar-refractivity contribution in [2.75, 3.05) is 18.0 Å². The number of nitrogens with two attached hydrogens (primary N) is 1. The van der Waals surface area contributed by atoms with Gasteiger partial charge in [-0.2, -0.15) is 0 Å². The molecule has 4 aromatic rings. The summed E-state index contributed by atoms with van der Waals surface area (Å²) in [5, 5.41) is 16.0. The van der Waals surface area contributed by atoms with Gasteiger partial charge in [0.05, 0.1) is 44.2 Å². The molecule has 0 radical (unpaired) electrons. The Labute approximate surface area is 243 Å². The second-order valence-electron chi connectivity index (χ2n) is 11.2. The van der Waals surface area contributed by atoms with Gasteiger partial charge in [0.25, 0.3) is 5.56 Å². The lowest BCUT2D eigenvalue weighted by Gasteiger charge is -2.45. The molecule has 1 aliphatic heterocycles. The van der Waals surface area contributed by atoms with Crippen LogP contribution in [0.2, 0.25) is 5.02 Å². The summed E-state index contributed by atoms with van der Waals surface area (Å²) < 4.78 is 11.9. The molecule has 2 aromatic heterocycles. The predicted molar refractivity (Wildman–Crippen MR) is 159 cm³/mol. The molecular weight excluding hydrogens is 566 g/mol. The van der Waals surface area contributed by atoms with Gasteiger partial charge in [-0.05, 0) is 74.1 Å². The average Bonchev–Trinajstić information content (AvgIpc) is 3.23. The molecule has 0 bridgehead atoms. The molecule has 0 saturated carbocycles. The van der Waals surface area contributed by atoms with Crippen LogP contribution in [0.3, 0.4) is 0 Å². The van der Waals surface area contributed by atoms with Crippen molar-refractivity contribution >= 4 is 51.2 Å². The summed E-state index contributed by atoms with van der Waals surface area (Å²) in [5.74, 6) is 0.903. The van der Waals surface area contributed by atoms with Crippen LogP contribution < -0.4 is 15.6 Å². The van der Waals surface area contributed by atoms with E-state index >= 15 is 0 Å². The molecule has 1 aliphatic carbocycles. The van der Waals surface area contributed by atoms with Crippen molar-refractivity contribution in [1.82, 2.24) is 25.1 Å². The number of benzene rings is 2. The molecule has 2 atom stereocenters. The van der Waals surface area contributed by atoms with Gasteiger partial charge in [0.15, 0.2) is 0 Å². The third kappa shape index (κ3) is 4.93. The second kappa shape index (κ2) is 10.5. The van der Waals surface area contributed by atoms with E-state index < -0.39 is 15.7 Å². The fourth-order valence-electron chi connectivity index (χ4n) is 6.19. The summed E-state index contributed by atoms with van der Waals surface area (Å²) in [6.07, 6.45) is 6.83. The van der Waals surface area contributed by atoms with Crippen molar-refractivity contribution in [3.05, 3.63) is 75.4 Å². The molecule has 12 heteroatoms. The minimum atomic E-state index is -1.40. The third-order valence-electron chi connectivity index (χ3n) is 8.45. The number of aromatic amines is 1. The Balaban J connectivity index is 1.17. The molecule has 6 rings (SSSR count). The lowest BCUT2D eigenvalue weighted by atomic mass is 9.67. The highest BCUT2D eigenvalue weighted by atomic mass is 35.5. The van der Waals surface area contributed by atoms with E-state index in [-0.39, 0.29) is 11.0 Å². The Morgan fingerprint density at radius 2 is 1.95 bits per heavy atom. The molecule has 3 N–H and O–H groups in total. The van der Waals surface area contributed by atoms with Crippen LogP contribution in [0.1, 0.15) is 50.2 Å². The molecule has 40 heavy (non-hydrogen) atoms. The standard InChI is InChI=1S/C28H30ClN7O2S2/c1-27(2,40(30)38)14-19-18-6-4-3-5-17(18)13-28(19)9-11-36(12-10-28)26-31-15-22(34-35-26)39-21-8-7-20-23(24(21)29)25(37)33-16-32-20/h3-8,15-16,19H,9-14,30H2,1-2H3,(H,32,33,37)/t19-,40?/m1/s1.